The van der Waals surface area contributed by atoms with Gasteiger partial charge in [-0.3, -0.25) is 14.6 Å². The van der Waals surface area contributed by atoms with Crippen LogP contribution in [0.25, 0.3) is 0 Å². The molecule has 1 aromatic carbocycles. The molecule has 20 heavy (non-hydrogen) atoms. The number of rotatable bonds is 6. The van der Waals surface area contributed by atoms with Crippen molar-refractivity contribution in [3.05, 3.63) is 35.9 Å². The molecule has 1 fully saturated rings. The highest BCUT2D eigenvalue weighted by Gasteiger charge is 2.25. The summed E-state index contributed by atoms with van der Waals surface area (Å²) in [6.45, 7) is 6.07. The van der Waals surface area contributed by atoms with Crippen molar-refractivity contribution in [2.75, 3.05) is 26.2 Å². The van der Waals surface area contributed by atoms with Crippen molar-refractivity contribution in [2.45, 2.75) is 32.4 Å². The number of nitrogens with zero attached hydrogens (tertiary/aromatic N) is 2. The van der Waals surface area contributed by atoms with Crippen LogP contribution in [-0.2, 0) is 11.3 Å². The van der Waals surface area contributed by atoms with Gasteiger partial charge in [-0.15, -0.1) is 0 Å². The van der Waals surface area contributed by atoms with E-state index in [2.05, 4.69) is 41.0 Å². The predicted molar refractivity (Wildman–Crippen MR) is 79.6 cm³/mol. The van der Waals surface area contributed by atoms with E-state index in [1.807, 2.05) is 6.07 Å². The van der Waals surface area contributed by atoms with Gasteiger partial charge in [0.2, 0.25) is 0 Å². The molecule has 1 heterocycles. The van der Waals surface area contributed by atoms with Gasteiger partial charge in [-0.25, -0.2) is 0 Å². The fourth-order valence-corrected chi connectivity index (χ4v) is 2.98. The van der Waals surface area contributed by atoms with Crippen molar-refractivity contribution in [2.24, 2.45) is 0 Å². The summed E-state index contributed by atoms with van der Waals surface area (Å²) >= 11 is 0. The molecule has 110 valence electrons. The van der Waals surface area contributed by atoms with E-state index >= 15 is 0 Å². The van der Waals surface area contributed by atoms with E-state index < -0.39 is 5.97 Å². The van der Waals surface area contributed by atoms with Crippen molar-refractivity contribution in [3.8, 4) is 0 Å². The molecule has 1 aliphatic heterocycles. The van der Waals surface area contributed by atoms with Crippen LogP contribution in [0.2, 0.25) is 0 Å². The van der Waals surface area contributed by atoms with Crippen LogP contribution in [0.5, 0.6) is 0 Å². The summed E-state index contributed by atoms with van der Waals surface area (Å²) in [5, 5.41) is 8.93. The smallest absolute Gasteiger partial charge is 0.317 e. The number of carbonyl (C=O) groups is 1. The lowest BCUT2D eigenvalue weighted by Gasteiger charge is -2.38. The average molecular weight is 276 g/mol. The molecule has 0 bridgehead atoms. The highest BCUT2D eigenvalue weighted by atomic mass is 16.4. The summed E-state index contributed by atoms with van der Waals surface area (Å²) in [6, 6.07) is 10.9. The maximum absolute atomic E-state index is 10.8. The first kappa shape index (κ1) is 15.0. The van der Waals surface area contributed by atoms with Crippen molar-refractivity contribution in [1.29, 1.82) is 0 Å². The average Bonchev–Trinajstić information content (AvgIpc) is 2.45. The minimum atomic E-state index is -0.725. The number of benzene rings is 1. The molecule has 4 heteroatoms. The molecule has 0 spiro atoms. The topological polar surface area (TPSA) is 43.8 Å². The number of likely N-dealkylation sites (N-methyl/N-ethyl adjacent to an activating group) is 1. The lowest BCUT2D eigenvalue weighted by Crippen LogP contribution is -2.48. The predicted octanol–water partition coefficient (Wildman–Crippen LogP) is 2.06. The van der Waals surface area contributed by atoms with Gasteiger partial charge in [-0.2, -0.15) is 0 Å². The van der Waals surface area contributed by atoms with E-state index in [-0.39, 0.29) is 6.54 Å². The number of carboxylic acid groups (broad SMARTS) is 1. The third kappa shape index (κ3) is 4.32. The van der Waals surface area contributed by atoms with Crippen LogP contribution in [0.1, 0.15) is 25.3 Å². The lowest BCUT2D eigenvalue weighted by atomic mass is 10.0. The number of carboxylic acids is 1. The highest BCUT2D eigenvalue weighted by Crippen LogP contribution is 2.18. The molecule has 0 amide bonds. The second kappa shape index (κ2) is 7.41. The van der Waals surface area contributed by atoms with Gasteiger partial charge in [0.1, 0.15) is 0 Å². The van der Waals surface area contributed by atoms with E-state index in [4.69, 9.17) is 5.11 Å². The molecule has 4 nitrogen and oxygen atoms in total. The largest absolute Gasteiger partial charge is 0.480 e. The van der Waals surface area contributed by atoms with E-state index in [1.54, 1.807) is 0 Å². The van der Waals surface area contributed by atoms with Gasteiger partial charge in [0, 0.05) is 19.1 Å². The Morgan fingerprint density at radius 1 is 1.40 bits per heavy atom. The van der Waals surface area contributed by atoms with Crippen LogP contribution in [0.15, 0.2) is 30.3 Å². The second-order valence-corrected chi connectivity index (χ2v) is 5.47. The Bertz CT molecular complexity index is 422. The lowest BCUT2D eigenvalue weighted by molar-refractivity contribution is -0.138. The Balaban J connectivity index is 1.94. The van der Waals surface area contributed by atoms with Gasteiger partial charge in [-0.05, 0) is 31.5 Å². The van der Waals surface area contributed by atoms with Gasteiger partial charge in [0.25, 0.3) is 0 Å². The third-order valence-corrected chi connectivity index (χ3v) is 3.99. The van der Waals surface area contributed by atoms with Gasteiger partial charge >= 0.3 is 5.97 Å². The summed E-state index contributed by atoms with van der Waals surface area (Å²) in [7, 11) is 0. The quantitative estimate of drug-likeness (QED) is 0.863. The molecule has 0 saturated carbocycles. The van der Waals surface area contributed by atoms with E-state index in [0.717, 1.165) is 39.0 Å². The zero-order valence-electron chi connectivity index (χ0n) is 12.2. The Kier molecular flexibility index (Phi) is 5.56. The molecule has 0 aliphatic carbocycles. The highest BCUT2D eigenvalue weighted by molar-refractivity contribution is 5.69. The molecule has 1 aromatic rings. The molecular weight excluding hydrogens is 252 g/mol. The van der Waals surface area contributed by atoms with Crippen LogP contribution in [-0.4, -0.2) is 53.1 Å². The molecule has 0 aromatic heterocycles. The monoisotopic (exact) mass is 276 g/mol. The molecule has 0 radical (unpaired) electrons. The summed E-state index contributed by atoms with van der Waals surface area (Å²) < 4.78 is 0. The maximum Gasteiger partial charge on any atom is 0.317 e. The van der Waals surface area contributed by atoms with Crippen molar-refractivity contribution in [3.63, 3.8) is 0 Å². The molecule has 1 N–H and O–H groups in total. The zero-order chi connectivity index (χ0) is 14.4. The van der Waals surface area contributed by atoms with Crippen LogP contribution in [0.3, 0.4) is 0 Å². The fraction of sp³-hybridized carbons (Fsp3) is 0.562. The summed E-state index contributed by atoms with van der Waals surface area (Å²) in [5.41, 5.74) is 1.32. The molecule has 1 saturated heterocycles. The fourth-order valence-electron chi connectivity index (χ4n) is 2.98. The summed E-state index contributed by atoms with van der Waals surface area (Å²) in [5.74, 6) is -0.725. The number of hydrogen-bond acceptors (Lipinski definition) is 3. The standard InChI is InChI=1S/C16H24N2O2/c1-2-18(11-14-7-4-3-5-8-14)15-9-6-10-17(12-15)13-16(19)20/h3-5,7-8,15H,2,6,9-13H2,1H3,(H,19,20). The van der Waals surface area contributed by atoms with Gasteiger partial charge < -0.3 is 5.11 Å². The first-order valence-electron chi connectivity index (χ1n) is 7.41. The van der Waals surface area contributed by atoms with Crippen molar-refractivity contribution >= 4 is 5.97 Å². The Labute approximate surface area is 121 Å². The minimum absolute atomic E-state index is 0.166. The van der Waals surface area contributed by atoms with Crippen LogP contribution >= 0.6 is 0 Å². The van der Waals surface area contributed by atoms with E-state index in [9.17, 15) is 4.79 Å². The first-order valence-corrected chi connectivity index (χ1v) is 7.41. The zero-order valence-corrected chi connectivity index (χ0v) is 12.2. The normalized spacial score (nSPS) is 20.2. The Hall–Kier alpha value is -1.39. The third-order valence-electron chi connectivity index (χ3n) is 3.99. The number of piperidine rings is 1. The van der Waals surface area contributed by atoms with Crippen LogP contribution < -0.4 is 0 Å². The first-order chi connectivity index (χ1) is 9.69. The van der Waals surface area contributed by atoms with E-state index in [1.165, 1.54) is 5.56 Å². The van der Waals surface area contributed by atoms with Gasteiger partial charge in [0.15, 0.2) is 0 Å². The van der Waals surface area contributed by atoms with Gasteiger partial charge in [0.05, 0.1) is 6.54 Å². The molecule has 1 unspecified atom stereocenters. The van der Waals surface area contributed by atoms with Gasteiger partial charge in [-0.1, -0.05) is 37.3 Å². The van der Waals surface area contributed by atoms with Crippen LogP contribution in [0, 0.1) is 0 Å². The SMILES string of the molecule is CCN(Cc1ccccc1)C1CCCN(CC(=O)O)C1. The maximum atomic E-state index is 10.8. The number of hydrogen-bond donors (Lipinski definition) is 1. The van der Waals surface area contributed by atoms with Crippen LogP contribution in [0.4, 0.5) is 0 Å². The number of likely N-dealkylation sites (tertiary alicyclic amines) is 1. The molecular formula is C16H24N2O2. The molecule has 1 atom stereocenters. The van der Waals surface area contributed by atoms with E-state index in [0.29, 0.717) is 6.04 Å². The Morgan fingerprint density at radius 3 is 2.80 bits per heavy atom. The Morgan fingerprint density at radius 2 is 2.15 bits per heavy atom. The van der Waals surface area contributed by atoms with Crippen molar-refractivity contribution < 1.29 is 9.90 Å². The molecule has 1 aliphatic rings. The van der Waals surface area contributed by atoms with Crippen molar-refractivity contribution in [1.82, 2.24) is 9.80 Å². The minimum Gasteiger partial charge on any atom is -0.480 e. The summed E-state index contributed by atoms with van der Waals surface area (Å²) in [4.78, 5) is 15.4. The number of aliphatic carboxylic acids is 1. The summed E-state index contributed by atoms with van der Waals surface area (Å²) in [6.07, 6.45) is 2.25. The second-order valence-electron chi connectivity index (χ2n) is 5.47. The molecule has 2 rings (SSSR count).